The van der Waals surface area contributed by atoms with E-state index in [1.165, 1.54) is 0 Å². The van der Waals surface area contributed by atoms with Gasteiger partial charge in [-0.3, -0.25) is 4.79 Å². The molecule has 0 aliphatic carbocycles. The first-order valence-electron chi connectivity index (χ1n) is 8.55. The van der Waals surface area contributed by atoms with Crippen LogP contribution < -0.4 is 11.1 Å². The van der Waals surface area contributed by atoms with Crippen LogP contribution in [0.15, 0.2) is 41.4 Å². The molecule has 0 aromatic heterocycles. The minimum Gasteiger partial charge on any atom is -0.383 e. The van der Waals surface area contributed by atoms with Gasteiger partial charge in [-0.1, -0.05) is 11.6 Å². The zero-order valence-electron chi connectivity index (χ0n) is 14.3. The number of benzene rings is 2. The Kier molecular flexibility index (Phi) is 4.26. The summed E-state index contributed by atoms with van der Waals surface area (Å²) in [5, 5.41) is 3.58. The summed E-state index contributed by atoms with van der Waals surface area (Å²) >= 11 is 5.86. The highest BCUT2D eigenvalue weighted by molar-refractivity contribution is 6.30. The summed E-state index contributed by atoms with van der Waals surface area (Å²) in [7, 11) is 0. The van der Waals surface area contributed by atoms with Crippen molar-refractivity contribution >= 4 is 29.0 Å². The van der Waals surface area contributed by atoms with Crippen molar-refractivity contribution in [1.82, 2.24) is 4.90 Å². The first kappa shape index (κ1) is 17.7. The number of piperidine rings is 1. The zero-order chi connectivity index (χ0) is 19.2. The number of halogens is 3. The number of fused-ring (bicyclic) bond motifs is 1. The molecule has 4 rings (SSSR count). The first-order chi connectivity index (χ1) is 12.9. The van der Waals surface area contributed by atoms with Gasteiger partial charge in [-0.15, -0.1) is 0 Å². The maximum absolute atomic E-state index is 14.2. The lowest BCUT2D eigenvalue weighted by molar-refractivity contribution is 0.0685. The molecule has 2 aliphatic heterocycles. The molecule has 2 aromatic carbocycles. The highest BCUT2D eigenvalue weighted by Crippen LogP contribution is 2.36. The van der Waals surface area contributed by atoms with Crippen molar-refractivity contribution in [3.8, 4) is 0 Å². The van der Waals surface area contributed by atoms with Gasteiger partial charge in [0.2, 0.25) is 0 Å². The van der Waals surface area contributed by atoms with Gasteiger partial charge in [0.1, 0.15) is 23.1 Å². The highest BCUT2D eigenvalue weighted by Gasteiger charge is 2.40. The molecular weight excluding hydrogens is 374 g/mol. The molecule has 1 spiro atoms. The molecule has 0 unspecified atom stereocenters. The average molecular weight is 391 g/mol. The number of amides is 1. The van der Waals surface area contributed by atoms with E-state index in [4.69, 9.17) is 17.3 Å². The van der Waals surface area contributed by atoms with Crippen LogP contribution >= 0.6 is 11.6 Å². The summed E-state index contributed by atoms with van der Waals surface area (Å²) in [6.07, 6.45) is 0.866. The number of rotatable bonds is 1. The van der Waals surface area contributed by atoms with Gasteiger partial charge in [0.05, 0.1) is 11.3 Å². The minimum absolute atomic E-state index is 0.0278. The Morgan fingerprint density at radius 2 is 1.74 bits per heavy atom. The number of carbonyl (C=O) groups excluding carboxylic acids is 1. The number of anilines is 1. The van der Waals surface area contributed by atoms with E-state index < -0.39 is 17.3 Å². The van der Waals surface area contributed by atoms with Crippen LogP contribution in [0.3, 0.4) is 0 Å². The SMILES string of the molecule is NC1=NC2(CCN(C(=O)c3ccc(Cl)cc3)CC2)Nc2c(F)ccc(F)c21. The van der Waals surface area contributed by atoms with E-state index >= 15 is 0 Å². The minimum atomic E-state index is -0.845. The largest absolute Gasteiger partial charge is 0.383 e. The fourth-order valence-electron chi connectivity index (χ4n) is 3.56. The number of hydrogen-bond donors (Lipinski definition) is 2. The van der Waals surface area contributed by atoms with Crippen LogP contribution in [0, 0.1) is 11.6 Å². The maximum atomic E-state index is 14.2. The molecule has 2 aliphatic rings. The second-order valence-electron chi connectivity index (χ2n) is 6.73. The molecule has 1 amide bonds. The number of carbonyl (C=O) groups is 1. The van der Waals surface area contributed by atoms with E-state index in [2.05, 4.69) is 10.3 Å². The second kappa shape index (κ2) is 6.49. The molecule has 27 heavy (non-hydrogen) atoms. The molecule has 0 bridgehead atoms. The average Bonchev–Trinajstić information content (AvgIpc) is 2.65. The number of likely N-dealkylation sites (tertiary alicyclic amines) is 1. The summed E-state index contributed by atoms with van der Waals surface area (Å²) in [6, 6.07) is 8.79. The van der Waals surface area contributed by atoms with Crippen molar-refractivity contribution in [3.05, 3.63) is 64.2 Å². The predicted molar refractivity (Wildman–Crippen MR) is 100 cm³/mol. The van der Waals surface area contributed by atoms with Crippen LogP contribution in [-0.4, -0.2) is 35.4 Å². The van der Waals surface area contributed by atoms with E-state index in [0.29, 0.717) is 36.5 Å². The lowest BCUT2D eigenvalue weighted by atomic mass is 9.93. The third-order valence-corrected chi connectivity index (χ3v) is 5.27. The normalized spacial score (nSPS) is 17.9. The maximum Gasteiger partial charge on any atom is 0.253 e. The highest BCUT2D eigenvalue weighted by atomic mass is 35.5. The molecular formula is C19H17ClF2N4O. The van der Waals surface area contributed by atoms with Crippen LogP contribution in [0.1, 0.15) is 28.8 Å². The van der Waals surface area contributed by atoms with Gasteiger partial charge < -0.3 is 16.0 Å². The van der Waals surface area contributed by atoms with Gasteiger partial charge in [-0.25, -0.2) is 13.8 Å². The zero-order valence-corrected chi connectivity index (χ0v) is 15.1. The summed E-state index contributed by atoms with van der Waals surface area (Å²) in [5.74, 6) is -1.33. The molecule has 0 saturated carbocycles. The van der Waals surface area contributed by atoms with Crippen LogP contribution in [0.25, 0.3) is 0 Å². The van der Waals surface area contributed by atoms with Crippen LogP contribution in [0.5, 0.6) is 0 Å². The molecule has 1 saturated heterocycles. The van der Waals surface area contributed by atoms with Crippen molar-refractivity contribution in [2.24, 2.45) is 10.7 Å². The number of nitrogens with zero attached hydrogens (tertiary/aromatic N) is 2. The third-order valence-electron chi connectivity index (χ3n) is 5.02. The van der Waals surface area contributed by atoms with Gasteiger partial charge in [-0.05, 0) is 36.4 Å². The van der Waals surface area contributed by atoms with Crippen molar-refractivity contribution < 1.29 is 13.6 Å². The van der Waals surface area contributed by atoms with E-state index in [0.717, 1.165) is 12.1 Å². The van der Waals surface area contributed by atoms with Gasteiger partial charge in [0.25, 0.3) is 5.91 Å². The molecule has 0 atom stereocenters. The van der Waals surface area contributed by atoms with Crippen molar-refractivity contribution in [2.45, 2.75) is 18.5 Å². The van der Waals surface area contributed by atoms with E-state index in [1.807, 2.05) is 0 Å². The Morgan fingerprint density at radius 3 is 2.41 bits per heavy atom. The molecule has 2 aromatic rings. The van der Waals surface area contributed by atoms with Gasteiger partial charge in [0.15, 0.2) is 0 Å². The molecule has 2 heterocycles. The summed E-state index contributed by atoms with van der Waals surface area (Å²) in [5.41, 5.74) is 5.62. The van der Waals surface area contributed by atoms with Crippen LogP contribution in [-0.2, 0) is 0 Å². The predicted octanol–water partition coefficient (Wildman–Crippen LogP) is 3.38. The fourth-order valence-corrected chi connectivity index (χ4v) is 3.69. The Labute approximate surface area is 159 Å². The number of aliphatic imine (C=N–C) groups is 1. The lowest BCUT2D eigenvalue weighted by Gasteiger charge is -2.42. The summed E-state index contributed by atoms with van der Waals surface area (Å²) in [6.45, 7) is 0.828. The lowest BCUT2D eigenvalue weighted by Crippen LogP contribution is -2.52. The molecule has 140 valence electrons. The Morgan fingerprint density at radius 1 is 1.11 bits per heavy atom. The number of nitrogens with one attached hydrogen (secondary N) is 1. The molecule has 5 nitrogen and oxygen atoms in total. The van der Waals surface area contributed by atoms with Crippen molar-refractivity contribution in [2.75, 3.05) is 18.4 Å². The Bertz CT molecular complexity index is 937. The standard InChI is InChI=1S/C19H17ClF2N4O/c20-12-3-1-11(2-4-12)18(27)26-9-7-19(8-10-26)24-16-14(22)6-5-13(21)15(16)17(23)25-19/h1-6,24H,7-10H2,(H2,23,25). The molecule has 1 fully saturated rings. The smallest absolute Gasteiger partial charge is 0.253 e. The Balaban J connectivity index is 1.54. The second-order valence-corrected chi connectivity index (χ2v) is 7.17. The van der Waals surface area contributed by atoms with Crippen LogP contribution in [0.4, 0.5) is 14.5 Å². The van der Waals surface area contributed by atoms with Gasteiger partial charge in [-0.2, -0.15) is 0 Å². The van der Waals surface area contributed by atoms with Crippen LogP contribution in [0.2, 0.25) is 5.02 Å². The van der Waals surface area contributed by atoms with E-state index in [9.17, 15) is 13.6 Å². The monoisotopic (exact) mass is 390 g/mol. The van der Waals surface area contributed by atoms with E-state index in [1.54, 1.807) is 29.2 Å². The fraction of sp³-hybridized carbons (Fsp3) is 0.263. The summed E-state index contributed by atoms with van der Waals surface area (Å²) in [4.78, 5) is 18.8. The van der Waals surface area contributed by atoms with E-state index in [-0.39, 0.29) is 23.0 Å². The van der Waals surface area contributed by atoms with Gasteiger partial charge >= 0.3 is 0 Å². The van der Waals surface area contributed by atoms with Crippen molar-refractivity contribution in [3.63, 3.8) is 0 Å². The first-order valence-corrected chi connectivity index (χ1v) is 8.93. The summed E-state index contributed by atoms with van der Waals surface area (Å²) < 4.78 is 28.2. The molecule has 3 N–H and O–H groups in total. The van der Waals surface area contributed by atoms with Crippen molar-refractivity contribution in [1.29, 1.82) is 0 Å². The third kappa shape index (κ3) is 3.12. The quantitative estimate of drug-likeness (QED) is 0.784. The molecule has 0 radical (unpaired) electrons. The number of hydrogen-bond acceptors (Lipinski definition) is 4. The van der Waals surface area contributed by atoms with Gasteiger partial charge in [0, 0.05) is 36.5 Å². The number of amidine groups is 1. The topological polar surface area (TPSA) is 70.7 Å². The number of nitrogens with two attached hydrogens (primary N) is 1. The molecule has 8 heteroatoms. The Hall–Kier alpha value is -2.67.